The number of rotatable bonds is 13. The lowest BCUT2D eigenvalue weighted by Gasteiger charge is -2.29. The van der Waals surface area contributed by atoms with E-state index in [-0.39, 0.29) is 25.9 Å². The molecule has 4 nitrogen and oxygen atoms in total. The zero-order chi connectivity index (χ0) is 13.6. The van der Waals surface area contributed by atoms with Gasteiger partial charge in [0, 0.05) is 19.1 Å². The highest BCUT2D eigenvalue weighted by atomic mass is 16.3. The van der Waals surface area contributed by atoms with Crippen LogP contribution in [0.15, 0.2) is 0 Å². The minimum absolute atomic E-state index is 0.0764. The van der Waals surface area contributed by atoms with Crippen LogP contribution in [0.2, 0.25) is 0 Å². The fourth-order valence-corrected chi connectivity index (χ4v) is 2.28. The van der Waals surface area contributed by atoms with Gasteiger partial charge in [0.25, 0.3) is 0 Å². The van der Waals surface area contributed by atoms with Crippen molar-refractivity contribution in [2.45, 2.75) is 57.9 Å². The van der Waals surface area contributed by atoms with E-state index in [1.165, 1.54) is 32.1 Å². The van der Waals surface area contributed by atoms with Crippen LogP contribution in [0.5, 0.6) is 0 Å². The van der Waals surface area contributed by atoms with Crippen LogP contribution in [0, 0.1) is 0 Å². The maximum atomic E-state index is 9.39. The molecular formula is C14H31NO3. The monoisotopic (exact) mass is 261 g/mol. The van der Waals surface area contributed by atoms with Gasteiger partial charge in [-0.25, -0.2) is 0 Å². The van der Waals surface area contributed by atoms with Gasteiger partial charge in [-0.3, -0.25) is 4.90 Å². The Balaban J connectivity index is 3.77. The largest absolute Gasteiger partial charge is 0.395 e. The van der Waals surface area contributed by atoms with Gasteiger partial charge in [-0.15, -0.1) is 0 Å². The van der Waals surface area contributed by atoms with Crippen molar-refractivity contribution in [1.29, 1.82) is 0 Å². The second-order valence-corrected chi connectivity index (χ2v) is 4.88. The average molecular weight is 261 g/mol. The number of aliphatic hydroxyl groups is 3. The van der Waals surface area contributed by atoms with E-state index in [1.807, 2.05) is 4.90 Å². The summed E-state index contributed by atoms with van der Waals surface area (Å²) in [6.07, 6.45) is 8.42. The van der Waals surface area contributed by atoms with E-state index in [0.29, 0.717) is 13.1 Å². The van der Waals surface area contributed by atoms with Gasteiger partial charge in [0.2, 0.25) is 0 Å². The molecule has 4 heteroatoms. The van der Waals surface area contributed by atoms with E-state index in [2.05, 4.69) is 6.92 Å². The first-order chi connectivity index (χ1) is 8.79. The Bertz CT molecular complexity index is 161. The van der Waals surface area contributed by atoms with Crippen molar-refractivity contribution in [3.05, 3.63) is 0 Å². The average Bonchev–Trinajstić information content (AvgIpc) is 2.38. The lowest BCUT2D eigenvalue weighted by atomic mass is 10.0. The molecule has 18 heavy (non-hydrogen) atoms. The Morgan fingerprint density at radius 2 is 1.39 bits per heavy atom. The molecule has 0 aromatic carbocycles. The lowest BCUT2D eigenvalue weighted by molar-refractivity contribution is 0.0781. The Morgan fingerprint density at radius 3 is 1.89 bits per heavy atom. The molecule has 0 aliphatic heterocycles. The maximum absolute atomic E-state index is 9.39. The van der Waals surface area contributed by atoms with Crippen molar-refractivity contribution in [1.82, 2.24) is 4.90 Å². The molecule has 1 unspecified atom stereocenters. The van der Waals surface area contributed by atoms with Crippen LogP contribution in [0.1, 0.15) is 51.9 Å². The van der Waals surface area contributed by atoms with Gasteiger partial charge < -0.3 is 15.3 Å². The van der Waals surface area contributed by atoms with Crippen LogP contribution >= 0.6 is 0 Å². The number of aliphatic hydroxyl groups excluding tert-OH is 3. The first-order valence-corrected chi connectivity index (χ1v) is 7.36. The van der Waals surface area contributed by atoms with Crippen molar-refractivity contribution in [3.8, 4) is 0 Å². The third-order valence-corrected chi connectivity index (χ3v) is 3.39. The molecule has 0 fully saturated rings. The summed E-state index contributed by atoms with van der Waals surface area (Å²) in [7, 11) is 0. The van der Waals surface area contributed by atoms with Crippen molar-refractivity contribution >= 4 is 0 Å². The van der Waals surface area contributed by atoms with E-state index in [0.717, 1.165) is 12.8 Å². The Labute approximate surface area is 112 Å². The molecule has 0 spiro atoms. The van der Waals surface area contributed by atoms with Gasteiger partial charge in [0.15, 0.2) is 0 Å². The van der Waals surface area contributed by atoms with Crippen molar-refractivity contribution in [2.24, 2.45) is 0 Å². The van der Waals surface area contributed by atoms with Crippen molar-refractivity contribution < 1.29 is 15.3 Å². The molecule has 0 aromatic rings. The molecule has 0 saturated carbocycles. The molecule has 110 valence electrons. The first kappa shape index (κ1) is 17.8. The van der Waals surface area contributed by atoms with Gasteiger partial charge in [-0.2, -0.15) is 0 Å². The summed E-state index contributed by atoms with van der Waals surface area (Å²) in [4.78, 5) is 1.98. The molecule has 0 aliphatic carbocycles. The van der Waals surface area contributed by atoms with Gasteiger partial charge in [0.1, 0.15) is 0 Å². The Hall–Kier alpha value is -0.160. The van der Waals surface area contributed by atoms with E-state index >= 15 is 0 Å². The lowest BCUT2D eigenvalue weighted by Crippen LogP contribution is -2.41. The predicted molar refractivity (Wildman–Crippen MR) is 74.6 cm³/mol. The number of nitrogens with zero attached hydrogens (tertiary/aromatic N) is 1. The topological polar surface area (TPSA) is 63.9 Å². The van der Waals surface area contributed by atoms with Gasteiger partial charge >= 0.3 is 0 Å². The summed E-state index contributed by atoms with van der Waals surface area (Å²) < 4.78 is 0. The van der Waals surface area contributed by atoms with Gasteiger partial charge in [-0.1, -0.05) is 45.4 Å². The third kappa shape index (κ3) is 8.86. The van der Waals surface area contributed by atoms with Gasteiger partial charge in [-0.05, 0) is 6.42 Å². The minimum Gasteiger partial charge on any atom is -0.395 e. The van der Waals surface area contributed by atoms with Crippen molar-refractivity contribution in [3.63, 3.8) is 0 Å². The molecule has 0 radical (unpaired) electrons. The van der Waals surface area contributed by atoms with Crippen LogP contribution in [0.25, 0.3) is 0 Å². The normalized spacial score (nSPS) is 13.2. The first-order valence-electron chi connectivity index (χ1n) is 7.36. The quantitative estimate of drug-likeness (QED) is 0.438. The molecule has 0 heterocycles. The summed E-state index contributed by atoms with van der Waals surface area (Å²) in [6.45, 7) is 3.53. The van der Waals surface area contributed by atoms with E-state index < -0.39 is 0 Å². The van der Waals surface area contributed by atoms with Crippen LogP contribution in [0.3, 0.4) is 0 Å². The summed E-state index contributed by atoms with van der Waals surface area (Å²) >= 11 is 0. The van der Waals surface area contributed by atoms with Crippen LogP contribution in [0.4, 0.5) is 0 Å². The maximum Gasteiger partial charge on any atom is 0.0586 e. The minimum atomic E-state index is 0.0764. The SMILES string of the molecule is CCCCCCCCC(CO)N(CCO)CCO. The molecular weight excluding hydrogens is 230 g/mol. The molecule has 1 atom stereocenters. The van der Waals surface area contributed by atoms with E-state index in [1.54, 1.807) is 0 Å². The second kappa shape index (κ2) is 13.3. The number of hydrogen-bond donors (Lipinski definition) is 3. The highest BCUT2D eigenvalue weighted by Gasteiger charge is 2.16. The Morgan fingerprint density at radius 1 is 0.833 bits per heavy atom. The molecule has 0 aliphatic rings. The van der Waals surface area contributed by atoms with E-state index in [4.69, 9.17) is 10.2 Å². The standard InChI is InChI=1S/C14H31NO3/c1-2-3-4-5-6-7-8-14(13-18)15(9-11-16)10-12-17/h14,16-18H,2-13H2,1H3. The molecule has 0 rings (SSSR count). The molecule has 0 bridgehead atoms. The third-order valence-electron chi connectivity index (χ3n) is 3.39. The molecule has 3 N–H and O–H groups in total. The van der Waals surface area contributed by atoms with Crippen LogP contribution < -0.4 is 0 Å². The number of hydrogen-bond acceptors (Lipinski definition) is 4. The zero-order valence-corrected chi connectivity index (χ0v) is 11.9. The smallest absolute Gasteiger partial charge is 0.0586 e. The summed E-state index contributed by atoms with van der Waals surface area (Å²) in [5.41, 5.74) is 0. The highest BCUT2D eigenvalue weighted by Crippen LogP contribution is 2.12. The Kier molecular flexibility index (Phi) is 13.2. The van der Waals surface area contributed by atoms with E-state index in [9.17, 15) is 5.11 Å². The summed E-state index contributed by atoms with van der Waals surface area (Å²) in [5.74, 6) is 0. The van der Waals surface area contributed by atoms with Crippen LogP contribution in [-0.2, 0) is 0 Å². The van der Waals surface area contributed by atoms with Crippen LogP contribution in [-0.4, -0.2) is 59.2 Å². The fourth-order valence-electron chi connectivity index (χ4n) is 2.28. The summed E-state index contributed by atoms with van der Waals surface area (Å²) in [5, 5.41) is 27.3. The van der Waals surface area contributed by atoms with Crippen molar-refractivity contribution in [2.75, 3.05) is 32.9 Å². The molecule has 0 aromatic heterocycles. The highest BCUT2D eigenvalue weighted by molar-refractivity contribution is 4.70. The molecule has 0 saturated heterocycles. The zero-order valence-electron chi connectivity index (χ0n) is 11.9. The summed E-state index contributed by atoms with van der Waals surface area (Å²) in [6, 6.07) is 0.0791. The second-order valence-electron chi connectivity index (χ2n) is 4.88. The fraction of sp³-hybridized carbons (Fsp3) is 1.00. The number of unbranched alkanes of at least 4 members (excludes halogenated alkanes) is 5. The molecule has 0 amide bonds. The predicted octanol–water partition coefficient (Wildman–Crippen LogP) is 1.38. The van der Waals surface area contributed by atoms with Gasteiger partial charge in [0.05, 0.1) is 19.8 Å².